The summed E-state index contributed by atoms with van der Waals surface area (Å²) in [7, 11) is 1.56. The standard InChI is InChI=1S/C29H35N5O7/c1-41-23-7-3-6-20-19(23)11-21(31-20)29(40)34-12-15-4-2-5-18(15)25(34)27(38)32-22(14-33-13-17(35)10-24(33)36)26(37)28(39)30-16-8-9-16/h3,6-7,11,15-18,22,25,31,35H,2,4-5,8-10,12-14H2,1H3,(H,30,39)(H,32,38). The van der Waals surface area contributed by atoms with Gasteiger partial charge in [-0.25, -0.2) is 0 Å². The summed E-state index contributed by atoms with van der Waals surface area (Å²) in [5.74, 6) is -2.17. The Bertz CT molecular complexity index is 1400. The molecule has 0 bridgehead atoms. The molecule has 12 heteroatoms. The molecule has 1 aromatic carbocycles. The van der Waals surface area contributed by atoms with Crippen molar-refractivity contribution in [1.82, 2.24) is 25.4 Å². The molecule has 41 heavy (non-hydrogen) atoms. The SMILES string of the molecule is COc1cccc2[nH]c(C(=O)N3CC4CCCC4C3C(=O)NC(CN3CC(O)CC3=O)C(=O)C(=O)NC3CC3)cc12. The largest absolute Gasteiger partial charge is 0.496 e. The number of aromatic nitrogens is 1. The first-order valence-electron chi connectivity index (χ1n) is 14.3. The lowest BCUT2D eigenvalue weighted by Gasteiger charge is -2.30. The minimum absolute atomic E-state index is 0.0192. The number of hydrogen-bond acceptors (Lipinski definition) is 7. The number of aromatic amines is 1. The number of nitrogens with zero attached hydrogens (tertiary/aromatic N) is 2. The van der Waals surface area contributed by atoms with Crippen molar-refractivity contribution in [2.45, 2.75) is 62.8 Å². The number of likely N-dealkylation sites (tertiary alicyclic amines) is 2. The Kier molecular flexibility index (Phi) is 7.18. The number of aliphatic hydroxyl groups is 1. The van der Waals surface area contributed by atoms with Crippen molar-refractivity contribution < 1.29 is 33.8 Å². The predicted octanol–water partition coefficient (Wildman–Crippen LogP) is 0.343. The number of hydrogen-bond donors (Lipinski definition) is 4. The molecule has 2 saturated carbocycles. The van der Waals surface area contributed by atoms with Crippen molar-refractivity contribution in [3.8, 4) is 5.75 Å². The first-order chi connectivity index (χ1) is 19.7. The monoisotopic (exact) mass is 565 g/mol. The number of nitrogens with one attached hydrogen (secondary N) is 3. The first kappa shape index (κ1) is 27.3. The number of Topliss-reactive ketones (excluding diaryl/α,β-unsaturated/α-hetero) is 1. The van der Waals surface area contributed by atoms with Crippen LogP contribution in [0.25, 0.3) is 10.9 Å². The van der Waals surface area contributed by atoms with Crippen LogP contribution in [0.5, 0.6) is 5.75 Å². The van der Waals surface area contributed by atoms with Crippen LogP contribution in [0, 0.1) is 11.8 Å². The highest BCUT2D eigenvalue weighted by Crippen LogP contribution is 2.43. The molecule has 2 saturated heterocycles. The topological polar surface area (TPSA) is 161 Å². The van der Waals surface area contributed by atoms with Gasteiger partial charge in [-0.1, -0.05) is 12.5 Å². The molecule has 4 aliphatic rings. The van der Waals surface area contributed by atoms with Gasteiger partial charge in [-0.2, -0.15) is 0 Å². The minimum atomic E-state index is -1.30. The summed E-state index contributed by atoms with van der Waals surface area (Å²) < 4.78 is 5.43. The second-order valence-electron chi connectivity index (χ2n) is 11.7. The number of fused-ring (bicyclic) bond motifs is 2. The van der Waals surface area contributed by atoms with Crippen molar-refractivity contribution in [2.75, 3.05) is 26.7 Å². The number of β-amino-alcohol motifs (C(OH)–C–C–N with tert-alkyl or cyclic N) is 1. The van der Waals surface area contributed by atoms with Gasteiger partial charge in [0.25, 0.3) is 11.8 Å². The molecule has 2 aliphatic carbocycles. The van der Waals surface area contributed by atoms with Gasteiger partial charge >= 0.3 is 0 Å². The van der Waals surface area contributed by atoms with Crippen LogP contribution in [0.15, 0.2) is 24.3 Å². The van der Waals surface area contributed by atoms with Crippen molar-refractivity contribution in [1.29, 1.82) is 0 Å². The van der Waals surface area contributed by atoms with Gasteiger partial charge in [0.1, 0.15) is 23.5 Å². The molecule has 2 aromatic rings. The van der Waals surface area contributed by atoms with Gasteiger partial charge < -0.3 is 35.3 Å². The van der Waals surface area contributed by atoms with Crippen LogP contribution < -0.4 is 15.4 Å². The molecular weight excluding hydrogens is 530 g/mol. The van der Waals surface area contributed by atoms with Crippen LogP contribution in [0.1, 0.15) is 49.0 Å². The minimum Gasteiger partial charge on any atom is -0.496 e. The number of carbonyl (C=O) groups is 5. The third kappa shape index (κ3) is 5.28. The van der Waals surface area contributed by atoms with Crippen LogP contribution in [0.2, 0.25) is 0 Å². The molecule has 4 N–H and O–H groups in total. The van der Waals surface area contributed by atoms with Crippen LogP contribution >= 0.6 is 0 Å². The zero-order chi connectivity index (χ0) is 28.8. The number of benzene rings is 1. The average Bonchev–Trinajstić information content (AvgIpc) is 3.26. The third-order valence-corrected chi connectivity index (χ3v) is 8.86. The smallest absolute Gasteiger partial charge is 0.289 e. The molecule has 6 rings (SSSR count). The summed E-state index contributed by atoms with van der Waals surface area (Å²) in [6, 6.07) is 5.01. The predicted molar refractivity (Wildman–Crippen MR) is 146 cm³/mol. The van der Waals surface area contributed by atoms with E-state index in [1.165, 1.54) is 4.90 Å². The molecule has 0 spiro atoms. The number of aliphatic hydroxyl groups excluding tert-OH is 1. The van der Waals surface area contributed by atoms with E-state index >= 15 is 0 Å². The second kappa shape index (κ2) is 10.8. The lowest BCUT2D eigenvalue weighted by molar-refractivity contribution is -0.141. The van der Waals surface area contributed by atoms with Gasteiger partial charge in [-0.3, -0.25) is 24.0 Å². The average molecular weight is 566 g/mol. The zero-order valence-electron chi connectivity index (χ0n) is 22.9. The second-order valence-corrected chi connectivity index (χ2v) is 11.7. The van der Waals surface area contributed by atoms with E-state index in [4.69, 9.17) is 4.74 Å². The Morgan fingerprint density at radius 2 is 1.95 bits per heavy atom. The molecular formula is C29H35N5O7. The Morgan fingerprint density at radius 1 is 1.15 bits per heavy atom. The van der Waals surface area contributed by atoms with Gasteiger partial charge in [0.2, 0.25) is 17.6 Å². The van der Waals surface area contributed by atoms with Gasteiger partial charge in [-0.05, 0) is 55.7 Å². The molecule has 5 unspecified atom stereocenters. The highest BCUT2D eigenvalue weighted by Gasteiger charge is 2.50. The van der Waals surface area contributed by atoms with E-state index in [9.17, 15) is 29.1 Å². The number of carbonyl (C=O) groups excluding carboxylic acids is 5. The lowest BCUT2D eigenvalue weighted by Crippen LogP contribution is -2.58. The fourth-order valence-electron chi connectivity index (χ4n) is 6.67. The number of amides is 4. The van der Waals surface area contributed by atoms with Gasteiger partial charge in [0.15, 0.2) is 0 Å². The quantitative estimate of drug-likeness (QED) is 0.319. The molecule has 3 heterocycles. The van der Waals surface area contributed by atoms with Gasteiger partial charge in [0.05, 0.1) is 19.6 Å². The van der Waals surface area contributed by atoms with Crippen molar-refractivity contribution in [2.24, 2.45) is 11.8 Å². The Balaban J connectivity index is 1.25. The highest BCUT2D eigenvalue weighted by atomic mass is 16.5. The van der Waals surface area contributed by atoms with Crippen molar-refractivity contribution in [3.05, 3.63) is 30.0 Å². The van der Waals surface area contributed by atoms with Crippen LogP contribution in [0.3, 0.4) is 0 Å². The zero-order valence-corrected chi connectivity index (χ0v) is 22.9. The van der Waals surface area contributed by atoms with Gasteiger partial charge in [0, 0.05) is 36.6 Å². The Hall–Kier alpha value is -3.93. The Morgan fingerprint density at radius 3 is 2.66 bits per heavy atom. The summed E-state index contributed by atoms with van der Waals surface area (Å²) in [6.07, 6.45) is 3.23. The molecule has 5 atom stereocenters. The maximum Gasteiger partial charge on any atom is 0.289 e. The van der Waals surface area contributed by atoms with E-state index in [1.807, 2.05) is 18.2 Å². The number of ketones is 1. The molecule has 4 fully saturated rings. The maximum atomic E-state index is 13.9. The fraction of sp³-hybridized carbons (Fsp3) is 0.552. The summed E-state index contributed by atoms with van der Waals surface area (Å²) in [6.45, 7) is 0.201. The van der Waals surface area contributed by atoms with E-state index < -0.39 is 35.8 Å². The summed E-state index contributed by atoms with van der Waals surface area (Å²) >= 11 is 0. The van der Waals surface area contributed by atoms with Crippen LogP contribution in [-0.2, 0) is 19.2 Å². The van der Waals surface area contributed by atoms with Gasteiger partial charge in [-0.15, -0.1) is 0 Å². The van der Waals surface area contributed by atoms with E-state index in [0.29, 0.717) is 18.0 Å². The molecule has 218 valence electrons. The normalized spacial score (nSPS) is 26.2. The summed E-state index contributed by atoms with van der Waals surface area (Å²) in [5, 5.41) is 16.1. The molecule has 12 nitrogen and oxygen atoms in total. The van der Waals surface area contributed by atoms with Crippen molar-refractivity contribution >= 4 is 40.3 Å². The molecule has 0 radical (unpaired) electrons. The molecule has 4 amide bonds. The third-order valence-electron chi connectivity index (χ3n) is 8.86. The number of ether oxygens (including phenoxy) is 1. The number of H-pyrrole nitrogens is 1. The molecule has 2 aliphatic heterocycles. The van der Waals surface area contributed by atoms with E-state index in [-0.39, 0.29) is 49.2 Å². The van der Waals surface area contributed by atoms with Crippen LogP contribution in [-0.4, -0.2) is 100 Å². The number of rotatable bonds is 9. The number of methoxy groups -OCH3 is 1. The van der Waals surface area contributed by atoms with Crippen LogP contribution in [0.4, 0.5) is 0 Å². The highest BCUT2D eigenvalue weighted by molar-refractivity contribution is 6.38. The van der Waals surface area contributed by atoms with Crippen molar-refractivity contribution in [3.63, 3.8) is 0 Å². The molecule has 1 aromatic heterocycles. The summed E-state index contributed by atoms with van der Waals surface area (Å²) in [5.41, 5.74) is 1.06. The van der Waals surface area contributed by atoms with E-state index in [0.717, 1.165) is 43.0 Å². The van der Waals surface area contributed by atoms with E-state index in [1.54, 1.807) is 18.1 Å². The fourth-order valence-corrected chi connectivity index (χ4v) is 6.67. The summed E-state index contributed by atoms with van der Waals surface area (Å²) in [4.78, 5) is 72.1. The van der Waals surface area contributed by atoms with E-state index in [2.05, 4.69) is 15.6 Å². The Labute approximate surface area is 236 Å². The first-order valence-corrected chi connectivity index (χ1v) is 14.3. The lowest BCUT2D eigenvalue weighted by atomic mass is 9.93. The maximum absolute atomic E-state index is 13.9.